The molecule has 0 radical (unpaired) electrons. The summed E-state index contributed by atoms with van der Waals surface area (Å²) in [4.78, 5) is 12.7. The Morgan fingerprint density at radius 1 is 1.11 bits per heavy atom. The summed E-state index contributed by atoms with van der Waals surface area (Å²) < 4.78 is 11.3. The van der Waals surface area contributed by atoms with Gasteiger partial charge in [-0.15, -0.1) is 0 Å². The van der Waals surface area contributed by atoms with Crippen LogP contribution in [0.3, 0.4) is 0 Å². The number of ether oxygens (including phenoxy) is 2. The van der Waals surface area contributed by atoms with E-state index in [-0.39, 0.29) is 11.4 Å². The Morgan fingerprint density at radius 3 is 2.64 bits per heavy atom. The molecule has 1 fully saturated rings. The van der Waals surface area contributed by atoms with Crippen LogP contribution in [0.2, 0.25) is 0 Å². The zero-order chi connectivity index (χ0) is 19.8. The average molecular weight is 379 g/mol. The first-order valence-corrected chi connectivity index (χ1v) is 10.4. The van der Waals surface area contributed by atoms with Crippen molar-refractivity contribution in [2.24, 2.45) is 11.3 Å². The molecule has 3 unspecified atom stereocenters. The topological polar surface area (TPSA) is 35.5 Å². The summed E-state index contributed by atoms with van der Waals surface area (Å²) >= 11 is 0. The van der Waals surface area contributed by atoms with E-state index >= 15 is 0 Å². The molecule has 0 N–H and O–H groups in total. The molecule has 4 rings (SSSR count). The van der Waals surface area contributed by atoms with Crippen molar-refractivity contribution in [1.82, 2.24) is 0 Å². The van der Waals surface area contributed by atoms with E-state index in [1.54, 1.807) is 0 Å². The predicted octanol–water partition coefficient (Wildman–Crippen LogP) is 5.45. The number of carbonyl (C=O) groups excluding carboxylic acids is 1. The fourth-order valence-corrected chi connectivity index (χ4v) is 5.75. The molecule has 3 heteroatoms. The molecule has 2 aromatic carbocycles. The fourth-order valence-electron chi connectivity index (χ4n) is 5.75. The van der Waals surface area contributed by atoms with Gasteiger partial charge in [-0.3, -0.25) is 4.79 Å². The van der Waals surface area contributed by atoms with Gasteiger partial charge < -0.3 is 9.47 Å². The maximum atomic E-state index is 12.7. The van der Waals surface area contributed by atoms with Crippen molar-refractivity contribution in [2.75, 3.05) is 7.11 Å². The van der Waals surface area contributed by atoms with Gasteiger partial charge in [-0.25, -0.2) is 0 Å². The highest BCUT2D eigenvalue weighted by Gasteiger charge is 2.55. The Bertz CT molecular complexity index is 859. The number of esters is 1. The smallest absolute Gasteiger partial charge is 0.311 e. The summed E-state index contributed by atoms with van der Waals surface area (Å²) in [6.45, 7) is 5.03. The highest BCUT2D eigenvalue weighted by atomic mass is 16.5. The van der Waals surface area contributed by atoms with Crippen LogP contribution in [-0.4, -0.2) is 13.1 Å². The third-order valence-electron chi connectivity index (χ3n) is 7.23. The maximum absolute atomic E-state index is 12.7. The van der Waals surface area contributed by atoms with Gasteiger partial charge >= 0.3 is 5.97 Å². The first kappa shape index (κ1) is 19.0. The van der Waals surface area contributed by atoms with Crippen molar-refractivity contribution in [3.63, 3.8) is 0 Å². The molecular weight excluding hydrogens is 348 g/mol. The monoisotopic (exact) mass is 378 g/mol. The Balaban J connectivity index is 1.64. The Kier molecular flexibility index (Phi) is 4.95. The van der Waals surface area contributed by atoms with E-state index < -0.39 is 5.41 Å². The molecule has 0 bridgehead atoms. The molecule has 0 aromatic heterocycles. The third-order valence-corrected chi connectivity index (χ3v) is 7.23. The van der Waals surface area contributed by atoms with Gasteiger partial charge in [0.15, 0.2) is 0 Å². The van der Waals surface area contributed by atoms with E-state index in [9.17, 15) is 4.79 Å². The van der Waals surface area contributed by atoms with Gasteiger partial charge in [-0.05, 0) is 72.8 Å². The van der Waals surface area contributed by atoms with Crippen molar-refractivity contribution >= 4 is 5.97 Å². The van der Waals surface area contributed by atoms with Crippen molar-refractivity contribution in [1.29, 1.82) is 0 Å². The first-order valence-electron chi connectivity index (χ1n) is 10.4. The van der Waals surface area contributed by atoms with Gasteiger partial charge in [0.05, 0.1) is 12.5 Å². The Morgan fingerprint density at radius 2 is 1.89 bits per heavy atom. The van der Waals surface area contributed by atoms with Crippen LogP contribution in [0.5, 0.6) is 5.75 Å². The largest absolute Gasteiger partial charge is 0.489 e. The van der Waals surface area contributed by atoms with Crippen LogP contribution in [0, 0.1) is 11.3 Å². The summed E-state index contributed by atoms with van der Waals surface area (Å²) in [5, 5.41) is 0. The molecule has 0 heterocycles. The molecule has 1 saturated carbocycles. The summed E-state index contributed by atoms with van der Waals surface area (Å²) in [7, 11) is 1.52. The van der Waals surface area contributed by atoms with E-state index in [0.717, 1.165) is 37.9 Å². The lowest BCUT2D eigenvalue weighted by Gasteiger charge is -2.54. The zero-order valence-corrected chi connectivity index (χ0v) is 17.2. The number of aryl methyl sites for hydroxylation is 1. The minimum absolute atomic E-state index is 0.0130. The molecule has 2 aromatic rings. The Labute approximate surface area is 168 Å². The summed E-state index contributed by atoms with van der Waals surface area (Å²) in [6.07, 6.45) is 5.13. The standard InChI is InChI=1S/C25H30O3/c1-24-14-7-15-25(2,23(26)27-3)22(24)13-11-19-10-12-20(16-21(19)24)28-17-18-8-5-4-6-9-18/h4-6,8-10,12,16,22H,7,11,13-15,17H2,1-3H3. The van der Waals surface area contributed by atoms with Crippen LogP contribution in [0.15, 0.2) is 48.5 Å². The molecule has 148 valence electrons. The second-order valence-electron chi connectivity index (χ2n) is 8.86. The van der Waals surface area contributed by atoms with E-state index in [4.69, 9.17) is 9.47 Å². The molecule has 0 amide bonds. The number of hydrogen-bond donors (Lipinski definition) is 0. The molecule has 3 atom stereocenters. The molecule has 0 aliphatic heterocycles. The Hall–Kier alpha value is -2.29. The maximum Gasteiger partial charge on any atom is 0.311 e. The van der Waals surface area contributed by atoms with Crippen molar-refractivity contribution in [3.8, 4) is 5.75 Å². The number of methoxy groups -OCH3 is 1. The molecule has 28 heavy (non-hydrogen) atoms. The normalized spacial score (nSPS) is 28.8. The number of fused-ring (bicyclic) bond motifs is 3. The molecule has 2 aliphatic carbocycles. The number of rotatable bonds is 4. The molecule has 3 nitrogen and oxygen atoms in total. The van der Waals surface area contributed by atoms with Gasteiger partial charge in [0.25, 0.3) is 0 Å². The molecular formula is C25H30O3. The summed E-state index contributed by atoms with van der Waals surface area (Å²) in [5.41, 5.74) is 3.52. The second-order valence-corrected chi connectivity index (χ2v) is 8.86. The van der Waals surface area contributed by atoms with Gasteiger partial charge in [0.2, 0.25) is 0 Å². The van der Waals surface area contributed by atoms with Crippen LogP contribution in [-0.2, 0) is 28.0 Å². The van der Waals surface area contributed by atoms with Crippen LogP contribution in [0.4, 0.5) is 0 Å². The second kappa shape index (κ2) is 7.27. The van der Waals surface area contributed by atoms with Crippen molar-refractivity contribution in [3.05, 3.63) is 65.2 Å². The molecule has 2 aliphatic rings. The highest BCUT2D eigenvalue weighted by Crippen LogP contribution is 2.57. The van der Waals surface area contributed by atoms with E-state index in [0.29, 0.717) is 12.5 Å². The minimum atomic E-state index is -0.402. The summed E-state index contributed by atoms with van der Waals surface area (Å²) in [6, 6.07) is 16.8. The lowest BCUT2D eigenvalue weighted by molar-refractivity contribution is -0.161. The fraction of sp³-hybridized carbons (Fsp3) is 0.480. The quantitative estimate of drug-likeness (QED) is 0.664. The first-order chi connectivity index (χ1) is 13.5. The van der Waals surface area contributed by atoms with Crippen LogP contribution in [0.1, 0.15) is 56.2 Å². The highest BCUT2D eigenvalue weighted by molar-refractivity contribution is 5.77. The van der Waals surface area contributed by atoms with Gasteiger partial charge in [0.1, 0.15) is 12.4 Å². The molecule has 0 spiro atoms. The van der Waals surface area contributed by atoms with Crippen LogP contribution < -0.4 is 4.74 Å². The van der Waals surface area contributed by atoms with Crippen molar-refractivity contribution in [2.45, 2.75) is 58.0 Å². The SMILES string of the molecule is COC(=O)C1(C)CCCC2(C)c3cc(OCc4ccccc4)ccc3CCC12. The summed E-state index contributed by atoms with van der Waals surface area (Å²) in [5.74, 6) is 1.16. The van der Waals surface area contributed by atoms with E-state index in [1.807, 2.05) is 18.2 Å². The number of benzene rings is 2. The van der Waals surface area contributed by atoms with Crippen LogP contribution >= 0.6 is 0 Å². The lowest BCUT2D eigenvalue weighted by atomic mass is 9.50. The van der Waals surface area contributed by atoms with E-state index in [2.05, 4.69) is 44.2 Å². The molecule has 0 saturated heterocycles. The predicted molar refractivity (Wildman–Crippen MR) is 110 cm³/mol. The van der Waals surface area contributed by atoms with Gasteiger partial charge in [-0.2, -0.15) is 0 Å². The van der Waals surface area contributed by atoms with Gasteiger partial charge in [-0.1, -0.05) is 49.7 Å². The van der Waals surface area contributed by atoms with E-state index in [1.165, 1.54) is 23.8 Å². The number of carbonyl (C=O) groups is 1. The minimum Gasteiger partial charge on any atom is -0.489 e. The number of hydrogen-bond acceptors (Lipinski definition) is 3. The van der Waals surface area contributed by atoms with Crippen molar-refractivity contribution < 1.29 is 14.3 Å². The van der Waals surface area contributed by atoms with Crippen LogP contribution in [0.25, 0.3) is 0 Å². The average Bonchev–Trinajstić information content (AvgIpc) is 2.72. The lowest BCUT2D eigenvalue weighted by Crippen LogP contribution is -2.52. The van der Waals surface area contributed by atoms with Gasteiger partial charge in [0, 0.05) is 0 Å². The zero-order valence-electron chi connectivity index (χ0n) is 17.2. The third kappa shape index (κ3) is 3.11.